The number of methoxy groups -OCH3 is 3. The van der Waals surface area contributed by atoms with Crippen molar-refractivity contribution in [2.45, 2.75) is 13.1 Å². The Morgan fingerprint density at radius 2 is 1.66 bits per heavy atom. The smallest absolute Gasteiger partial charge is 0.252 e. The third-order valence-electron chi connectivity index (χ3n) is 5.35. The van der Waals surface area contributed by atoms with E-state index in [-0.39, 0.29) is 0 Å². The number of nitrogens with zero attached hydrogens (tertiary/aromatic N) is 5. The molecular formula is C25H26N6O4. The molecule has 10 nitrogen and oxygen atoms in total. The van der Waals surface area contributed by atoms with E-state index in [0.29, 0.717) is 47.4 Å². The molecule has 35 heavy (non-hydrogen) atoms. The summed E-state index contributed by atoms with van der Waals surface area (Å²) >= 11 is 0. The molecule has 0 saturated carbocycles. The minimum absolute atomic E-state index is 0.305. The van der Waals surface area contributed by atoms with E-state index in [0.717, 1.165) is 11.3 Å². The Kier molecular flexibility index (Phi) is 7.10. The van der Waals surface area contributed by atoms with Gasteiger partial charge in [-0.1, -0.05) is 5.21 Å². The Morgan fingerprint density at radius 1 is 0.971 bits per heavy atom. The highest BCUT2D eigenvalue weighted by atomic mass is 16.5. The highest BCUT2D eigenvalue weighted by Crippen LogP contribution is 2.30. The number of carbonyl (C=O) groups excluding carboxylic acids is 1. The molecule has 0 unspecified atom stereocenters. The summed E-state index contributed by atoms with van der Waals surface area (Å²) in [5.41, 5.74) is 8.35. The molecule has 2 aromatic heterocycles. The third kappa shape index (κ3) is 5.49. The van der Waals surface area contributed by atoms with Gasteiger partial charge < -0.3 is 24.8 Å². The number of pyridine rings is 1. The summed E-state index contributed by atoms with van der Waals surface area (Å²) in [6.45, 7) is 0.782. The molecule has 1 amide bonds. The molecule has 0 aliphatic heterocycles. The zero-order chi connectivity index (χ0) is 24.8. The zero-order valence-electron chi connectivity index (χ0n) is 19.7. The Hall–Kier alpha value is -4.60. The largest absolute Gasteiger partial charge is 0.497 e. The standard InChI is InChI=1S/C25H26N6O4/c1-33-20-8-6-19(7-9-20)31(25-23(24(26)32)5-4-10-27-25)16-18-15-30(29-28-18)14-17-11-21(34-2)13-22(12-17)35-3/h4-13,15H,14,16H2,1-3H3,(H2,26,32). The van der Waals surface area contributed by atoms with Crippen LogP contribution in [-0.2, 0) is 13.1 Å². The minimum Gasteiger partial charge on any atom is -0.497 e. The quantitative estimate of drug-likeness (QED) is 0.372. The monoisotopic (exact) mass is 474 g/mol. The highest BCUT2D eigenvalue weighted by molar-refractivity contribution is 5.98. The van der Waals surface area contributed by atoms with E-state index in [2.05, 4.69) is 15.3 Å². The Morgan fingerprint density at radius 3 is 2.29 bits per heavy atom. The molecule has 4 rings (SSSR count). The van der Waals surface area contributed by atoms with E-state index in [1.807, 2.05) is 53.6 Å². The molecule has 0 radical (unpaired) electrons. The molecule has 2 N–H and O–H groups in total. The van der Waals surface area contributed by atoms with Gasteiger partial charge in [0.15, 0.2) is 0 Å². The average molecular weight is 475 g/mol. The Bertz CT molecular complexity index is 1280. The summed E-state index contributed by atoms with van der Waals surface area (Å²) in [5, 5.41) is 8.61. The van der Waals surface area contributed by atoms with E-state index in [1.54, 1.807) is 44.3 Å². The minimum atomic E-state index is -0.567. The lowest BCUT2D eigenvalue weighted by molar-refractivity contribution is 0.100. The van der Waals surface area contributed by atoms with Crippen LogP contribution in [0.5, 0.6) is 17.2 Å². The Labute approximate surface area is 202 Å². The van der Waals surface area contributed by atoms with Crippen LogP contribution in [0, 0.1) is 0 Å². The predicted molar refractivity (Wildman–Crippen MR) is 130 cm³/mol. The van der Waals surface area contributed by atoms with Crippen molar-refractivity contribution >= 4 is 17.4 Å². The lowest BCUT2D eigenvalue weighted by Gasteiger charge is -2.24. The van der Waals surface area contributed by atoms with E-state index in [4.69, 9.17) is 19.9 Å². The van der Waals surface area contributed by atoms with Crippen LogP contribution >= 0.6 is 0 Å². The molecule has 0 aliphatic rings. The Balaban J connectivity index is 1.64. The van der Waals surface area contributed by atoms with Crippen molar-refractivity contribution in [3.8, 4) is 17.2 Å². The van der Waals surface area contributed by atoms with Gasteiger partial charge in [0.1, 0.15) is 28.8 Å². The first-order valence-electron chi connectivity index (χ1n) is 10.8. The van der Waals surface area contributed by atoms with Gasteiger partial charge in [0.05, 0.1) is 46.2 Å². The van der Waals surface area contributed by atoms with Crippen LogP contribution in [0.4, 0.5) is 11.5 Å². The normalized spacial score (nSPS) is 10.6. The third-order valence-corrected chi connectivity index (χ3v) is 5.35. The number of hydrogen-bond donors (Lipinski definition) is 1. The summed E-state index contributed by atoms with van der Waals surface area (Å²) in [6.07, 6.45) is 3.46. The number of ether oxygens (including phenoxy) is 3. The van der Waals surface area contributed by atoms with Gasteiger partial charge in [-0.15, -0.1) is 5.10 Å². The van der Waals surface area contributed by atoms with E-state index in [1.165, 1.54) is 0 Å². The summed E-state index contributed by atoms with van der Waals surface area (Å²) in [4.78, 5) is 18.4. The second-order valence-corrected chi connectivity index (χ2v) is 7.65. The average Bonchev–Trinajstić information content (AvgIpc) is 3.33. The van der Waals surface area contributed by atoms with Crippen LogP contribution in [0.25, 0.3) is 0 Å². The van der Waals surface area contributed by atoms with Gasteiger partial charge in [-0.3, -0.25) is 4.79 Å². The lowest BCUT2D eigenvalue weighted by atomic mass is 10.2. The van der Waals surface area contributed by atoms with Gasteiger partial charge in [0.2, 0.25) is 0 Å². The zero-order valence-corrected chi connectivity index (χ0v) is 19.7. The van der Waals surface area contributed by atoms with Crippen LogP contribution < -0.4 is 24.8 Å². The van der Waals surface area contributed by atoms with Crippen LogP contribution in [0.3, 0.4) is 0 Å². The van der Waals surface area contributed by atoms with Gasteiger partial charge in [0.25, 0.3) is 5.91 Å². The van der Waals surface area contributed by atoms with E-state index >= 15 is 0 Å². The summed E-state index contributed by atoms with van der Waals surface area (Å²) in [5.74, 6) is 1.96. The number of amides is 1. The molecule has 0 aliphatic carbocycles. The van der Waals surface area contributed by atoms with Crippen LogP contribution in [0.2, 0.25) is 0 Å². The van der Waals surface area contributed by atoms with Gasteiger partial charge in [0, 0.05) is 18.0 Å². The van der Waals surface area contributed by atoms with E-state index in [9.17, 15) is 4.79 Å². The maximum absolute atomic E-state index is 12.1. The molecule has 2 aromatic carbocycles. The fourth-order valence-corrected chi connectivity index (χ4v) is 3.65. The lowest BCUT2D eigenvalue weighted by Crippen LogP contribution is -2.23. The second-order valence-electron chi connectivity index (χ2n) is 7.65. The number of nitrogens with two attached hydrogens (primary N) is 1. The fourth-order valence-electron chi connectivity index (χ4n) is 3.65. The first-order valence-corrected chi connectivity index (χ1v) is 10.8. The predicted octanol–water partition coefficient (Wildman–Crippen LogP) is 3.18. The fraction of sp³-hybridized carbons (Fsp3) is 0.200. The molecule has 4 aromatic rings. The van der Waals surface area contributed by atoms with Gasteiger partial charge in [-0.25, -0.2) is 9.67 Å². The second kappa shape index (κ2) is 10.6. The molecule has 0 bridgehead atoms. The van der Waals surface area contributed by atoms with Crippen molar-refractivity contribution in [3.63, 3.8) is 0 Å². The molecule has 180 valence electrons. The van der Waals surface area contributed by atoms with Crippen molar-refractivity contribution in [2.24, 2.45) is 5.73 Å². The summed E-state index contributed by atoms with van der Waals surface area (Å²) < 4.78 is 17.7. The highest BCUT2D eigenvalue weighted by Gasteiger charge is 2.20. The number of anilines is 2. The molecule has 2 heterocycles. The van der Waals surface area contributed by atoms with Crippen molar-refractivity contribution in [1.29, 1.82) is 0 Å². The number of aromatic nitrogens is 4. The first-order chi connectivity index (χ1) is 17.0. The molecular weight excluding hydrogens is 448 g/mol. The number of primary amides is 1. The molecule has 0 spiro atoms. The molecule has 0 fully saturated rings. The topological polar surface area (TPSA) is 118 Å². The number of carbonyl (C=O) groups is 1. The van der Waals surface area contributed by atoms with Crippen LogP contribution in [0.15, 0.2) is 67.0 Å². The van der Waals surface area contributed by atoms with Crippen molar-refractivity contribution in [2.75, 3.05) is 26.2 Å². The molecule has 0 atom stereocenters. The number of benzene rings is 2. The SMILES string of the molecule is COc1ccc(N(Cc2cn(Cc3cc(OC)cc(OC)c3)nn2)c2ncccc2C(N)=O)cc1. The number of rotatable bonds is 10. The van der Waals surface area contributed by atoms with Crippen molar-refractivity contribution in [1.82, 2.24) is 20.0 Å². The molecule has 0 saturated heterocycles. The van der Waals surface area contributed by atoms with Crippen LogP contribution in [0.1, 0.15) is 21.6 Å². The van der Waals surface area contributed by atoms with Crippen molar-refractivity contribution < 1.29 is 19.0 Å². The maximum Gasteiger partial charge on any atom is 0.252 e. The van der Waals surface area contributed by atoms with Crippen LogP contribution in [-0.4, -0.2) is 47.2 Å². The summed E-state index contributed by atoms with van der Waals surface area (Å²) in [6, 6.07) is 16.4. The number of hydrogen-bond acceptors (Lipinski definition) is 8. The summed E-state index contributed by atoms with van der Waals surface area (Å²) in [7, 11) is 4.82. The first kappa shape index (κ1) is 23.6. The van der Waals surface area contributed by atoms with E-state index < -0.39 is 5.91 Å². The molecule has 10 heteroatoms. The van der Waals surface area contributed by atoms with Gasteiger partial charge in [-0.05, 0) is 54.1 Å². The van der Waals surface area contributed by atoms with Gasteiger partial charge >= 0.3 is 0 Å². The maximum atomic E-state index is 12.1. The van der Waals surface area contributed by atoms with Gasteiger partial charge in [-0.2, -0.15) is 0 Å². The van der Waals surface area contributed by atoms with Crippen molar-refractivity contribution in [3.05, 3.63) is 83.8 Å².